The second-order valence-corrected chi connectivity index (χ2v) is 7.14. The molecular weight excluding hydrogens is 284 g/mol. The van der Waals surface area contributed by atoms with Crippen LogP contribution in [0.25, 0.3) is 0 Å². The molecule has 0 aliphatic heterocycles. The van der Waals surface area contributed by atoms with E-state index in [9.17, 15) is 0 Å². The maximum Gasteiger partial charge on any atom is 0.537 e. The fraction of sp³-hybridized carbons (Fsp3) is 0.625. The normalized spacial score (nSPS) is 11.6. The molecule has 0 unspecified atom stereocenters. The molecular formula is C16H28O4Si. The van der Waals surface area contributed by atoms with Crippen molar-refractivity contribution in [2.45, 2.75) is 40.5 Å². The van der Waals surface area contributed by atoms with Gasteiger partial charge >= 0.3 is 8.80 Å². The Balaban J connectivity index is 2.86. The first-order valence-corrected chi connectivity index (χ1v) is 9.60. The van der Waals surface area contributed by atoms with Crippen LogP contribution in [0.1, 0.15) is 40.5 Å². The zero-order valence-corrected chi connectivity index (χ0v) is 14.7. The van der Waals surface area contributed by atoms with Crippen molar-refractivity contribution >= 4 is 14.0 Å². The van der Waals surface area contributed by atoms with Crippen LogP contribution < -0.4 is 9.92 Å². The minimum Gasteiger partial charge on any atom is -0.494 e. The molecule has 0 amide bonds. The van der Waals surface area contributed by atoms with Gasteiger partial charge in [0, 0.05) is 25.0 Å². The molecule has 0 bridgehead atoms. The van der Waals surface area contributed by atoms with E-state index >= 15 is 0 Å². The van der Waals surface area contributed by atoms with Gasteiger partial charge in [-0.15, -0.1) is 0 Å². The Kier molecular flexibility index (Phi) is 8.60. The van der Waals surface area contributed by atoms with Crippen LogP contribution in [0.3, 0.4) is 0 Å². The summed E-state index contributed by atoms with van der Waals surface area (Å²) in [7, 11) is -2.79. The first-order valence-electron chi connectivity index (χ1n) is 7.87. The van der Waals surface area contributed by atoms with Crippen molar-refractivity contribution in [1.82, 2.24) is 0 Å². The third-order valence-electron chi connectivity index (χ3n) is 2.98. The Morgan fingerprint density at radius 2 is 1.33 bits per heavy atom. The quantitative estimate of drug-likeness (QED) is 0.465. The maximum absolute atomic E-state index is 5.89. The van der Waals surface area contributed by atoms with E-state index in [1.165, 1.54) is 0 Å². The summed E-state index contributed by atoms with van der Waals surface area (Å²) in [6.45, 7) is 10.5. The largest absolute Gasteiger partial charge is 0.537 e. The Bertz CT molecular complexity index is 363. The van der Waals surface area contributed by atoms with E-state index in [2.05, 4.69) is 6.92 Å². The molecule has 1 aromatic rings. The van der Waals surface area contributed by atoms with Gasteiger partial charge in [-0.05, 0) is 39.3 Å². The molecule has 0 aromatic heterocycles. The number of hydrogen-bond acceptors (Lipinski definition) is 4. The summed E-state index contributed by atoms with van der Waals surface area (Å²) in [5.41, 5.74) is 0. The lowest BCUT2D eigenvalue weighted by Crippen LogP contribution is -2.56. The van der Waals surface area contributed by atoms with Gasteiger partial charge in [-0.2, -0.15) is 0 Å². The predicted octanol–water partition coefficient (Wildman–Crippen LogP) is 3.12. The predicted molar refractivity (Wildman–Crippen MR) is 87.1 cm³/mol. The molecule has 120 valence electrons. The lowest BCUT2D eigenvalue weighted by atomic mass is 10.3. The van der Waals surface area contributed by atoms with Crippen molar-refractivity contribution in [3.8, 4) is 5.75 Å². The first kappa shape index (κ1) is 18.2. The van der Waals surface area contributed by atoms with E-state index in [1.54, 1.807) is 0 Å². The van der Waals surface area contributed by atoms with Crippen LogP contribution in [0, 0.1) is 0 Å². The second kappa shape index (κ2) is 9.95. The highest BCUT2D eigenvalue weighted by atomic mass is 28.4. The second-order valence-electron chi connectivity index (χ2n) is 4.58. The summed E-state index contributed by atoms with van der Waals surface area (Å²) in [6.07, 6.45) is 2.20. The highest BCUT2D eigenvalue weighted by Crippen LogP contribution is 2.15. The fourth-order valence-electron chi connectivity index (χ4n) is 2.03. The van der Waals surface area contributed by atoms with Crippen molar-refractivity contribution in [2.24, 2.45) is 0 Å². The standard InChI is InChI=1S/C16H28O4Si/c1-5-9-14-17-15-10-12-16(13-11-15)21(18-6-2,19-7-3)20-8-4/h10-13H,5-9,14H2,1-4H3. The van der Waals surface area contributed by atoms with E-state index in [0.29, 0.717) is 19.8 Å². The SMILES string of the molecule is CCCCOc1ccc([Si](OCC)(OCC)OCC)cc1. The lowest BCUT2D eigenvalue weighted by molar-refractivity contribution is 0.0859. The van der Waals surface area contributed by atoms with Gasteiger partial charge in [-0.1, -0.05) is 25.5 Å². The summed E-state index contributed by atoms with van der Waals surface area (Å²) in [6, 6.07) is 7.91. The van der Waals surface area contributed by atoms with Crippen molar-refractivity contribution in [3.63, 3.8) is 0 Å². The molecule has 0 aliphatic carbocycles. The van der Waals surface area contributed by atoms with Crippen LogP contribution >= 0.6 is 0 Å². The molecule has 1 rings (SSSR count). The number of ether oxygens (including phenoxy) is 1. The van der Waals surface area contributed by atoms with Crippen molar-refractivity contribution in [2.75, 3.05) is 26.4 Å². The van der Waals surface area contributed by atoms with Gasteiger partial charge < -0.3 is 18.0 Å². The topological polar surface area (TPSA) is 36.9 Å². The van der Waals surface area contributed by atoms with E-state index < -0.39 is 8.80 Å². The summed E-state index contributed by atoms with van der Waals surface area (Å²) in [5.74, 6) is 0.875. The average Bonchev–Trinajstić information content (AvgIpc) is 2.49. The highest BCUT2D eigenvalue weighted by Gasteiger charge is 2.43. The smallest absolute Gasteiger partial charge is 0.494 e. The summed E-state index contributed by atoms with van der Waals surface area (Å²) < 4.78 is 23.4. The molecule has 21 heavy (non-hydrogen) atoms. The van der Waals surface area contributed by atoms with Crippen LogP contribution in [-0.2, 0) is 13.3 Å². The fourth-order valence-corrected chi connectivity index (χ4v) is 4.50. The molecule has 0 saturated carbocycles. The number of hydrogen-bond donors (Lipinski definition) is 0. The van der Waals surface area contributed by atoms with Gasteiger partial charge in [0.2, 0.25) is 0 Å². The zero-order chi connectivity index (χ0) is 15.6. The van der Waals surface area contributed by atoms with Gasteiger partial charge in [0.15, 0.2) is 0 Å². The molecule has 0 radical (unpaired) electrons. The molecule has 0 N–H and O–H groups in total. The van der Waals surface area contributed by atoms with E-state index in [1.807, 2.05) is 45.0 Å². The Hall–Kier alpha value is -0.883. The van der Waals surface area contributed by atoms with Gasteiger partial charge in [0.05, 0.1) is 6.61 Å². The molecule has 0 heterocycles. The lowest BCUT2D eigenvalue weighted by Gasteiger charge is -2.28. The minimum atomic E-state index is -2.79. The van der Waals surface area contributed by atoms with Gasteiger partial charge in [0.25, 0.3) is 0 Å². The first-order chi connectivity index (χ1) is 10.2. The minimum absolute atomic E-state index is 0.570. The van der Waals surface area contributed by atoms with Gasteiger partial charge in [0.1, 0.15) is 5.75 Å². The summed E-state index contributed by atoms with van der Waals surface area (Å²) in [4.78, 5) is 0. The van der Waals surface area contributed by atoms with Gasteiger partial charge in [-0.3, -0.25) is 0 Å². The highest BCUT2D eigenvalue weighted by molar-refractivity contribution is 6.75. The van der Waals surface area contributed by atoms with Crippen LogP contribution in [0.15, 0.2) is 24.3 Å². The molecule has 4 nitrogen and oxygen atoms in total. The Morgan fingerprint density at radius 1 is 0.810 bits per heavy atom. The Labute approximate surface area is 129 Å². The monoisotopic (exact) mass is 312 g/mol. The van der Waals surface area contributed by atoms with Gasteiger partial charge in [-0.25, -0.2) is 0 Å². The van der Waals surface area contributed by atoms with E-state index in [0.717, 1.165) is 30.4 Å². The van der Waals surface area contributed by atoms with Crippen LogP contribution in [0.5, 0.6) is 5.75 Å². The maximum atomic E-state index is 5.89. The van der Waals surface area contributed by atoms with E-state index in [-0.39, 0.29) is 0 Å². The van der Waals surface area contributed by atoms with E-state index in [4.69, 9.17) is 18.0 Å². The summed E-state index contributed by atoms with van der Waals surface area (Å²) >= 11 is 0. The molecule has 0 fully saturated rings. The molecule has 1 aromatic carbocycles. The third-order valence-corrected chi connectivity index (χ3v) is 6.02. The molecule has 0 atom stereocenters. The third kappa shape index (κ3) is 5.43. The van der Waals surface area contributed by atoms with Crippen LogP contribution in [-0.4, -0.2) is 35.2 Å². The molecule has 0 spiro atoms. The van der Waals surface area contributed by atoms with Crippen molar-refractivity contribution in [3.05, 3.63) is 24.3 Å². The average molecular weight is 312 g/mol. The number of unbranched alkanes of at least 4 members (excludes halogenated alkanes) is 1. The van der Waals surface area contributed by atoms with Crippen molar-refractivity contribution < 1.29 is 18.0 Å². The number of rotatable bonds is 11. The molecule has 0 aliphatic rings. The molecule has 5 heteroatoms. The molecule has 0 saturated heterocycles. The number of benzene rings is 1. The zero-order valence-electron chi connectivity index (χ0n) is 13.7. The van der Waals surface area contributed by atoms with Crippen LogP contribution in [0.2, 0.25) is 0 Å². The van der Waals surface area contributed by atoms with Crippen LogP contribution in [0.4, 0.5) is 0 Å². The Morgan fingerprint density at radius 3 is 1.76 bits per heavy atom. The van der Waals surface area contributed by atoms with Crippen molar-refractivity contribution in [1.29, 1.82) is 0 Å². The summed E-state index contributed by atoms with van der Waals surface area (Å²) in [5, 5.41) is 0.982.